The first-order valence-corrected chi connectivity index (χ1v) is 10.8. The second-order valence-corrected chi connectivity index (χ2v) is 7.82. The van der Waals surface area contributed by atoms with Gasteiger partial charge in [-0.15, -0.1) is 0 Å². The smallest absolute Gasteiger partial charge is 0.225 e. The lowest BCUT2D eigenvalue weighted by Gasteiger charge is -2.32. The van der Waals surface area contributed by atoms with E-state index in [0.717, 1.165) is 41.8 Å². The van der Waals surface area contributed by atoms with Crippen molar-refractivity contribution in [1.82, 2.24) is 15.3 Å². The van der Waals surface area contributed by atoms with Crippen molar-refractivity contribution < 1.29 is 14.3 Å². The highest BCUT2D eigenvalue weighted by Crippen LogP contribution is 2.26. The Kier molecular flexibility index (Phi) is 6.84. The number of piperidine rings is 1. The average molecular weight is 433 g/mol. The molecule has 0 unspecified atom stereocenters. The highest BCUT2D eigenvalue weighted by atomic mass is 16.5. The summed E-state index contributed by atoms with van der Waals surface area (Å²) in [6.45, 7) is 1.86. The summed E-state index contributed by atoms with van der Waals surface area (Å²) in [6.07, 6.45) is 5.46. The van der Waals surface area contributed by atoms with E-state index in [1.807, 2.05) is 60.9 Å². The Labute approximate surface area is 188 Å². The predicted molar refractivity (Wildman–Crippen MR) is 124 cm³/mol. The average Bonchev–Trinajstić information content (AvgIpc) is 2.87. The Morgan fingerprint density at radius 3 is 2.56 bits per heavy atom. The lowest BCUT2D eigenvalue weighted by atomic mass is 9.97. The number of ether oxygens (including phenoxy) is 2. The number of nitrogens with one attached hydrogen (secondary N) is 1. The van der Waals surface area contributed by atoms with E-state index in [9.17, 15) is 4.79 Å². The number of amides is 1. The number of benzene rings is 2. The Bertz CT molecular complexity index is 1040. The molecule has 32 heavy (non-hydrogen) atoms. The van der Waals surface area contributed by atoms with Gasteiger partial charge < -0.3 is 19.7 Å². The van der Waals surface area contributed by atoms with Crippen molar-refractivity contribution in [3.8, 4) is 22.6 Å². The Hall–Kier alpha value is -3.61. The SMILES string of the molecule is COc1ccc(CNC(=O)[C@@H]2CCCN(c3ncc(-c4ccccc4)cn3)C2)c(OC)c1. The molecule has 2 aromatic carbocycles. The maximum Gasteiger partial charge on any atom is 0.225 e. The third-order valence-electron chi connectivity index (χ3n) is 5.77. The summed E-state index contributed by atoms with van der Waals surface area (Å²) in [5, 5.41) is 3.06. The summed E-state index contributed by atoms with van der Waals surface area (Å²) < 4.78 is 10.7. The topological polar surface area (TPSA) is 76.6 Å². The minimum Gasteiger partial charge on any atom is -0.497 e. The van der Waals surface area contributed by atoms with E-state index in [4.69, 9.17) is 9.47 Å². The Morgan fingerprint density at radius 1 is 1.06 bits per heavy atom. The van der Waals surface area contributed by atoms with Gasteiger partial charge in [-0.2, -0.15) is 0 Å². The first-order chi connectivity index (χ1) is 15.7. The summed E-state index contributed by atoms with van der Waals surface area (Å²) in [6, 6.07) is 15.7. The summed E-state index contributed by atoms with van der Waals surface area (Å²) in [5.74, 6) is 2.01. The van der Waals surface area contributed by atoms with E-state index < -0.39 is 0 Å². The largest absolute Gasteiger partial charge is 0.497 e. The van der Waals surface area contributed by atoms with E-state index in [-0.39, 0.29) is 11.8 Å². The number of methoxy groups -OCH3 is 2. The molecule has 1 N–H and O–H groups in total. The molecular formula is C25H28N4O3. The second-order valence-electron chi connectivity index (χ2n) is 7.82. The molecule has 0 aliphatic carbocycles. The Balaban J connectivity index is 1.37. The van der Waals surface area contributed by atoms with Crippen molar-refractivity contribution in [2.24, 2.45) is 5.92 Å². The molecule has 7 heteroatoms. The van der Waals surface area contributed by atoms with E-state index in [0.29, 0.717) is 24.8 Å². The summed E-state index contributed by atoms with van der Waals surface area (Å²) >= 11 is 0. The highest BCUT2D eigenvalue weighted by Gasteiger charge is 2.27. The van der Waals surface area contributed by atoms with Gasteiger partial charge in [-0.25, -0.2) is 9.97 Å². The van der Waals surface area contributed by atoms with Gasteiger partial charge in [0.05, 0.1) is 20.1 Å². The number of carbonyl (C=O) groups excluding carboxylic acids is 1. The van der Waals surface area contributed by atoms with Crippen molar-refractivity contribution >= 4 is 11.9 Å². The van der Waals surface area contributed by atoms with Crippen molar-refractivity contribution in [1.29, 1.82) is 0 Å². The number of hydrogen-bond donors (Lipinski definition) is 1. The molecule has 3 aromatic rings. The number of aromatic nitrogens is 2. The predicted octanol–water partition coefficient (Wildman–Crippen LogP) is 3.69. The molecular weight excluding hydrogens is 404 g/mol. The van der Waals surface area contributed by atoms with Crippen LogP contribution in [0.4, 0.5) is 5.95 Å². The van der Waals surface area contributed by atoms with Crippen LogP contribution in [0.3, 0.4) is 0 Å². The number of carbonyl (C=O) groups is 1. The Morgan fingerprint density at radius 2 is 1.84 bits per heavy atom. The second kappa shape index (κ2) is 10.1. The molecule has 166 valence electrons. The molecule has 1 aromatic heterocycles. The number of rotatable bonds is 7. The van der Waals surface area contributed by atoms with Crippen LogP contribution in [-0.2, 0) is 11.3 Å². The summed E-state index contributed by atoms with van der Waals surface area (Å²) in [7, 11) is 3.23. The fourth-order valence-corrected chi connectivity index (χ4v) is 3.96. The van der Waals surface area contributed by atoms with E-state index in [1.54, 1.807) is 14.2 Å². The quantitative estimate of drug-likeness (QED) is 0.614. The van der Waals surface area contributed by atoms with Gasteiger partial charge in [0.2, 0.25) is 11.9 Å². The van der Waals surface area contributed by atoms with Crippen LogP contribution in [0.2, 0.25) is 0 Å². The monoisotopic (exact) mass is 432 g/mol. The molecule has 7 nitrogen and oxygen atoms in total. The molecule has 1 fully saturated rings. The van der Waals surface area contributed by atoms with Gasteiger partial charge in [0.1, 0.15) is 11.5 Å². The maximum absolute atomic E-state index is 12.9. The molecule has 1 saturated heterocycles. The van der Waals surface area contributed by atoms with Gasteiger partial charge in [0.15, 0.2) is 0 Å². The molecule has 2 heterocycles. The normalized spacial score (nSPS) is 15.8. The van der Waals surface area contributed by atoms with Crippen LogP contribution in [0.5, 0.6) is 11.5 Å². The lowest BCUT2D eigenvalue weighted by molar-refractivity contribution is -0.125. The molecule has 1 aliphatic heterocycles. The summed E-state index contributed by atoms with van der Waals surface area (Å²) in [5.41, 5.74) is 2.98. The van der Waals surface area contributed by atoms with Crippen molar-refractivity contribution in [2.45, 2.75) is 19.4 Å². The first kappa shape index (κ1) is 21.6. The van der Waals surface area contributed by atoms with Crippen LogP contribution in [0, 0.1) is 5.92 Å². The van der Waals surface area contributed by atoms with Crippen LogP contribution in [0.25, 0.3) is 11.1 Å². The minimum absolute atomic E-state index is 0.0356. The fraction of sp³-hybridized carbons (Fsp3) is 0.320. The van der Waals surface area contributed by atoms with Gasteiger partial charge in [-0.3, -0.25) is 4.79 Å². The first-order valence-electron chi connectivity index (χ1n) is 10.8. The molecule has 1 amide bonds. The zero-order valence-corrected chi connectivity index (χ0v) is 18.5. The van der Waals surface area contributed by atoms with Crippen LogP contribution in [-0.4, -0.2) is 43.2 Å². The molecule has 0 saturated carbocycles. The molecule has 4 rings (SSSR count). The molecule has 1 atom stereocenters. The van der Waals surface area contributed by atoms with Crippen molar-refractivity contribution in [2.75, 3.05) is 32.2 Å². The van der Waals surface area contributed by atoms with Gasteiger partial charge >= 0.3 is 0 Å². The van der Waals surface area contributed by atoms with Crippen LogP contribution in [0.1, 0.15) is 18.4 Å². The van der Waals surface area contributed by atoms with Crippen LogP contribution < -0.4 is 19.7 Å². The zero-order valence-electron chi connectivity index (χ0n) is 18.5. The summed E-state index contributed by atoms with van der Waals surface area (Å²) in [4.78, 5) is 24.1. The molecule has 0 bridgehead atoms. The van der Waals surface area contributed by atoms with E-state index >= 15 is 0 Å². The third-order valence-corrected chi connectivity index (χ3v) is 5.77. The minimum atomic E-state index is -0.106. The molecule has 0 spiro atoms. The maximum atomic E-state index is 12.9. The fourth-order valence-electron chi connectivity index (χ4n) is 3.96. The molecule has 1 aliphatic rings. The van der Waals surface area contributed by atoms with Crippen molar-refractivity contribution in [3.05, 3.63) is 66.5 Å². The number of nitrogens with zero attached hydrogens (tertiary/aromatic N) is 3. The highest BCUT2D eigenvalue weighted by molar-refractivity contribution is 5.79. The van der Waals surface area contributed by atoms with Crippen LogP contribution >= 0.6 is 0 Å². The van der Waals surface area contributed by atoms with Gasteiger partial charge in [0, 0.05) is 49.2 Å². The van der Waals surface area contributed by atoms with Gasteiger partial charge in [-0.05, 0) is 30.5 Å². The van der Waals surface area contributed by atoms with Crippen LogP contribution in [0.15, 0.2) is 60.9 Å². The third kappa shape index (κ3) is 4.99. The van der Waals surface area contributed by atoms with E-state index in [2.05, 4.69) is 20.2 Å². The van der Waals surface area contributed by atoms with Crippen molar-refractivity contribution in [3.63, 3.8) is 0 Å². The van der Waals surface area contributed by atoms with Gasteiger partial charge in [0.25, 0.3) is 0 Å². The molecule has 0 radical (unpaired) electrons. The number of hydrogen-bond acceptors (Lipinski definition) is 6. The van der Waals surface area contributed by atoms with E-state index in [1.165, 1.54) is 0 Å². The zero-order chi connectivity index (χ0) is 22.3. The van der Waals surface area contributed by atoms with Gasteiger partial charge in [-0.1, -0.05) is 30.3 Å². The number of anilines is 1. The standard InChI is InChI=1S/C25H28N4O3/c1-31-22-11-10-19(23(13-22)32-2)14-26-24(30)20-9-6-12-29(17-20)25-27-15-21(16-28-25)18-7-4-3-5-8-18/h3-5,7-8,10-11,13,15-16,20H,6,9,12,14,17H2,1-2H3,(H,26,30)/t20-/m1/s1. The lowest BCUT2D eigenvalue weighted by Crippen LogP contribution is -2.43.